The van der Waals surface area contributed by atoms with Gasteiger partial charge in [0.05, 0.1) is 11.5 Å². The van der Waals surface area contributed by atoms with Crippen LogP contribution >= 0.6 is 0 Å². The molecule has 1 saturated heterocycles. The summed E-state index contributed by atoms with van der Waals surface area (Å²) in [5.41, 5.74) is 0.238. The van der Waals surface area contributed by atoms with Crippen LogP contribution in [0.15, 0.2) is 18.3 Å². The minimum Gasteiger partial charge on any atom is -0.477 e. The lowest BCUT2D eigenvalue weighted by Gasteiger charge is -2.32. The second-order valence-electron chi connectivity index (χ2n) is 5.62. The van der Waals surface area contributed by atoms with Crippen LogP contribution in [-0.2, 0) is 4.79 Å². The average Bonchev–Trinajstić information content (AvgIpc) is 2.59. The molecule has 2 N–H and O–H groups in total. The Morgan fingerprint density at radius 1 is 1.39 bits per heavy atom. The first kappa shape index (κ1) is 16.9. The molecule has 1 atom stereocenters. The summed E-state index contributed by atoms with van der Waals surface area (Å²) in [6, 6.07) is 2.77. The van der Waals surface area contributed by atoms with E-state index in [2.05, 4.69) is 10.3 Å². The summed E-state index contributed by atoms with van der Waals surface area (Å²) in [5.74, 6) is -1.55. The smallest absolute Gasteiger partial charge is 0.354 e. The van der Waals surface area contributed by atoms with Gasteiger partial charge >= 0.3 is 5.97 Å². The minimum atomic E-state index is -1.13. The Morgan fingerprint density at radius 2 is 2.17 bits per heavy atom. The zero-order chi connectivity index (χ0) is 16.8. The van der Waals surface area contributed by atoms with Crippen molar-refractivity contribution in [2.24, 2.45) is 5.92 Å². The molecule has 2 amide bonds. The summed E-state index contributed by atoms with van der Waals surface area (Å²) in [5, 5.41) is 11.7. The molecule has 124 valence electrons. The molecule has 0 saturated carbocycles. The molecular weight excluding hydrogens is 298 g/mol. The molecule has 0 aliphatic carbocycles. The Balaban J connectivity index is 2.01. The van der Waals surface area contributed by atoms with Crippen molar-refractivity contribution < 1.29 is 19.5 Å². The highest BCUT2D eigenvalue weighted by atomic mass is 16.4. The van der Waals surface area contributed by atoms with Gasteiger partial charge in [-0.05, 0) is 31.4 Å². The van der Waals surface area contributed by atoms with Gasteiger partial charge in [0, 0.05) is 25.8 Å². The van der Waals surface area contributed by atoms with Crippen LogP contribution in [0.25, 0.3) is 0 Å². The molecule has 2 heterocycles. The highest BCUT2D eigenvalue weighted by Crippen LogP contribution is 2.19. The average molecular weight is 319 g/mol. The Kier molecular flexibility index (Phi) is 5.67. The monoisotopic (exact) mass is 319 g/mol. The predicted octanol–water partition coefficient (Wildman–Crippen LogP) is 1.16. The number of carbonyl (C=O) groups excluding carboxylic acids is 2. The van der Waals surface area contributed by atoms with Crippen LogP contribution in [0.1, 0.15) is 47.0 Å². The number of nitrogens with one attached hydrogen (secondary N) is 1. The zero-order valence-electron chi connectivity index (χ0n) is 13.1. The number of piperidine rings is 1. The van der Waals surface area contributed by atoms with Crippen molar-refractivity contribution in [3.05, 3.63) is 29.6 Å². The predicted molar refractivity (Wildman–Crippen MR) is 83.1 cm³/mol. The first-order chi connectivity index (χ1) is 11.0. The topological polar surface area (TPSA) is 99.6 Å². The molecule has 1 unspecified atom stereocenters. The van der Waals surface area contributed by atoms with Crippen LogP contribution in [0.2, 0.25) is 0 Å². The third kappa shape index (κ3) is 4.28. The Labute approximate surface area is 134 Å². The number of rotatable bonds is 5. The fourth-order valence-corrected chi connectivity index (χ4v) is 2.60. The van der Waals surface area contributed by atoms with Crippen molar-refractivity contribution in [3.63, 3.8) is 0 Å². The van der Waals surface area contributed by atoms with Crippen LogP contribution in [0.4, 0.5) is 0 Å². The highest BCUT2D eigenvalue weighted by Gasteiger charge is 2.28. The normalized spacial score (nSPS) is 17.6. The lowest BCUT2D eigenvalue weighted by atomic mass is 9.96. The number of hydrogen-bond acceptors (Lipinski definition) is 4. The summed E-state index contributed by atoms with van der Waals surface area (Å²) in [4.78, 5) is 40.7. The Morgan fingerprint density at radius 3 is 2.78 bits per heavy atom. The van der Waals surface area contributed by atoms with Crippen molar-refractivity contribution in [1.29, 1.82) is 0 Å². The molecule has 1 aliphatic heterocycles. The number of carbonyl (C=O) groups is 3. The number of nitrogens with zero attached hydrogens (tertiary/aromatic N) is 2. The van der Waals surface area contributed by atoms with Crippen LogP contribution < -0.4 is 5.32 Å². The van der Waals surface area contributed by atoms with E-state index in [1.807, 2.05) is 6.92 Å². The van der Waals surface area contributed by atoms with Crippen molar-refractivity contribution in [1.82, 2.24) is 15.2 Å². The van der Waals surface area contributed by atoms with E-state index in [0.717, 1.165) is 19.3 Å². The van der Waals surface area contributed by atoms with Crippen LogP contribution in [0.5, 0.6) is 0 Å². The van der Waals surface area contributed by atoms with Gasteiger partial charge in [-0.2, -0.15) is 0 Å². The van der Waals surface area contributed by atoms with E-state index in [4.69, 9.17) is 5.11 Å². The summed E-state index contributed by atoms with van der Waals surface area (Å²) in [6.45, 7) is 3.61. The minimum absolute atomic E-state index is 0.0105. The molecule has 0 radical (unpaired) electrons. The van der Waals surface area contributed by atoms with Crippen LogP contribution in [0, 0.1) is 5.92 Å². The number of likely N-dealkylation sites (tertiary alicyclic amines) is 1. The van der Waals surface area contributed by atoms with Crippen molar-refractivity contribution in [2.75, 3.05) is 19.6 Å². The Bertz CT molecular complexity index is 585. The van der Waals surface area contributed by atoms with Gasteiger partial charge in [-0.3, -0.25) is 9.59 Å². The highest BCUT2D eigenvalue weighted by molar-refractivity contribution is 5.95. The van der Waals surface area contributed by atoms with Crippen LogP contribution in [0.3, 0.4) is 0 Å². The molecule has 7 heteroatoms. The number of pyridine rings is 1. The lowest BCUT2D eigenvalue weighted by molar-refractivity contribution is -0.126. The zero-order valence-corrected chi connectivity index (χ0v) is 13.1. The van der Waals surface area contributed by atoms with Gasteiger partial charge in [-0.15, -0.1) is 0 Å². The molecule has 0 aromatic carbocycles. The molecule has 1 aromatic heterocycles. The molecule has 1 aromatic rings. The van der Waals surface area contributed by atoms with E-state index in [9.17, 15) is 14.4 Å². The summed E-state index contributed by atoms with van der Waals surface area (Å²) >= 11 is 0. The second-order valence-corrected chi connectivity index (χ2v) is 5.62. The van der Waals surface area contributed by atoms with E-state index >= 15 is 0 Å². The Hall–Kier alpha value is -2.44. The molecule has 23 heavy (non-hydrogen) atoms. The maximum absolute atomic E-state index is 12.5. The molecule has 0 bridgehead atoms. The number of hydrogen-bond donors (Lipinski definition) is 2. The van der Waals surface area contributed by atoms with Gasteiger partial charge in [-0.1, -0.05) is 6.92 Å². The fourth-order valence-electron chi connectivity index (χ4n) is 2.60. The van der Waals surface area contributed by atoms with E-state index < -0.39 is 5.97 Å². The molecule has 2 rings (SSSR count). The molecule has 7 nitrogen and oxygen atoms in total. The van der Waals surface area contributed by atoms with Crippen molar-refractivity contribution >= 4 is 17.8 Å². The summed E-state index contributed by atoms with van der Waals surface area (Å²) < 4.78 is 0. The molecule has 1 aliphatic rings. The summed E-state index contributed by atoms with van der Waals surface area (Å²) in [7, 11) is 0. The maximum Gasteiger partial charge on any atom is 0.354 e. The number of aromatic carboxylic acids is 1. The van der Waals surface area contributed by atoms with Gasteiger partial charge < -0.3 is 15.3 Å². The second kappa shape index (κ2) is 7.71. The molecule has 0 spiro atoms. The van der Waals surface area contributed by atoms with E-state index in [1.54, 1.807) is 4.90 Å². The largest absolute Gasteiger partial charge is 0.477 e. The third-order valence-corrected chi connectivity index (χ3v) is 3.86. The third-order valence-electron chi connectivity index (χ3n) is 3.86. The van der Waals surface area contributed by atoms with E-state index in [1.165, 1.54) is 18.3 Å². The van der Waals surface area contributed by atoms with Gasteiger partial charge in [-0.25, -0.2) is 9.78 Å². The van der Waals surface area contributed by atoms with Gasteiger partial charge in [0.25, 0.3) is 5.91 Å². The lowest BCUT2D eigenvalue weighted by Crippen LogP contribution is -2.45. The number of carboxylic acid groups (broad SMARTS) is 1. The molecule has 1 fully saturated rings. The number of carboxylic acids is 1. The van der Waals surface area contributed by atoms with Gasteiger partial charge in [0.15, 0.2) is 0 Å². The van der Waals surface area contributed by atoms with E-state index in [0.29, 0.717) is 25.2 Å². The van der Waals surface area contributed by atoms with Gasteiger partial charge in [0.1, 0.15) is 5.69 Å². The standard InChI is InChI=1S/C16H21N3O4/c1-2-7-17-14(20)12-4-3-8-19(10-12)15(21)11-5-6-13(16(22)23)18-9-11/h5-6,9,12H,2-4,7-8,10H2,1H3,(H,17,20)(H,22,23). The quantitative estimate of drug-likeness (QED) is 0.848. The van der Waals surface area contributed by atoms with Crippen molar-refractivity contribution in [2.45, 2.75) is 26.2 Å². The summed E-state index contributed by atoms with van der Waals surface area (Å²) in [6.07, 6.45) is 3.70. The van der Waals surface area contributed by atoms with E-state index in [-0.39, 0.29) is 23.4 Å². The fraction of sp³-hybridized carbons (Fsp3) is 0.500. The molecular formula is C16H21N3O4. The van der Waals surface area contributed by atoms with Crippen LogP contribution in [-0.4, -0.2) is 52.4 Å². The number of aromatic nitrogens is 1. The van der Waals surface area contributed by atoms with Crippen molar-refractivity contribution in [3.8, 4) is 0 Å². The first-order valence-corrected chi connectivity index (χ1v) is 7.79. The maximum atomic E-state index is 12.5. The SMILES string of the molecule is CCCNC(=O)C1CCCN(C(=O)c2ccc(C(=O)O)nc2)C1. The number of amides is 2. The first-order valence-electron chi connectivity index (χ1n) is 7.79. The van der Waals surface area contributed by atoms with Gasteiger partial charge in [0.2, 0.25) is 5.91 Å².